The zero-order chi connectivity index (χ0) is 10.1. The largest absolute Gasteiger partial charge is 0.261 e. The first-order chi connectivity index (χ1) is 7.45. The molecule has 1 aliphatic carbocycles. The molecule has 15 heavy (non-hydrogen) atoms. The molecular formula is C14H13N. The average Bonchev–Trinajstić information content (AvgIpc) is 3.11. The Morgan fingerprint density at radius 2 is 1.67 bits per heavy atom. The Bertz CT molecular complexity index is 392. The van der Waals surface area contributed by atoms with Gasteiger partial charge in [0.05, 0.1) is 0 Å². The van der Waals surface area contributed by atoms with E-state index in [2.05, 4.69) is 47.4 Å². The van der Waals surface area contributed by atoms with E-state index in [0.717, 1.165) is 0 Å². The van der Waals surface area contributed by atoms with Crippen molar-refractivity contribution in [3.8, 4) is 0 Å². The van der Waals surface area contributed by atoms with Gasteiger partial charge < -0.3 is 0 Å². The molecule has 0 amide bonds. The van der Waals surface area contributed by atoms with Crippen molar-refractivity contribution in [2.24, 2.45) is 0 Å². The molecule has 2 aromatic rings. The first kappa shape index (κ1) is 8.66. The van der Waals surface area contributed by atoms with Crippen LogP contribution in [0.1, 0.15) is 29.5 Å². The third-order valence-corrected chi connectivity index (χ3v) is 3.09. The highest BCUT2D eigenvalue weighted by Gasteiger charge is 2.40. The van der Waals surface area contributed by atoms with Crippen molar-refractivity contribution >= 4 is 0 Å². The third kappa shape index (κ3) is 1.65. The summed E-state index contributed by atoms with van der Waals surface area (Å²) in [6.07, 6.45) is 3.14. The maximum Gasteiger partial charge on any atom is 0.0440 e. The number of benzene rings is 1. The van der Waals surface area contributed by atoms with Gasteiger partial charge in [0.1, 0.15) is 0 Å². The Kier molecular flexibility index (Phi) is 2.02. The molecule has 1 aromatic heterocycles. The lowest BCUT2D eigenvalue weighted by molar-refractivity contribution is 0.966. The van der Waals surface area contributed by atoms with Gasteiger partial charge in [-0.15, -0.1) is 0 Å². The monoisotopic (exact) mass is 195 g/mol. The predicted octanol–water partition coefficient (Wildman–Crippen LogP) is 3.35. The van der Waals surface area contributed by atoms with Gasteiger partial charge in [0.2, 0.25) is 0 Å². The quantitative estimate of drug-likeness (QED) is 0.716. The molecule has 1 heteroatoms. The van der Waals surface area contributed by atoms with E-state index in [1.54, 1.807) is 0 Å². The Morgan fingerprint density at radius 1 is 0.867 bits per heavy atom. The Hall–Kier alpha value is -1.63. The summed E-state index contributed by atoms with van der Waals surface area (Å²) >= 11 is 0. The van der Waals surface area contributed by atoms with Gasteiger partial charge in [-0.2, -0.15) is 0 Å². The van der Waals surface area contributed by atoms with E-state index in [1.165, 1.54) is 17.7 Å². The summed E-state index contributed by atoms with van der Waals surface area (Å²) < 4.78 is 0. The lowest BCUT2D eigenvalue weighted by Crippen LogP contribution is -1.86. The number of aromatic nitrogens is 1. The summed E-state index contributed by atoms with van der Waals surface area (Å²) in [7, 11) is 0. The van der Waals surface area contributed by atoms with Crippen molar-refractivity contribution in [3.05, 3.63) is 66.0 Å². The molecule has 1 saturated carbocycles. The first-order valence-electron chi connectivity index (χ1n) is 5.41. The summed E-state index contributed by atoms with van der Waals surface area (Å²) in [4.78, 5) is 4.42. The van der Waals surface area contributed by atoms with Crippen LogP contribution in [0.15, 0.2) is 54.7 Å². The summed E-state index contributed by atoms with van der Waals surface area (Å²) in [5.74, 6) is 1.34. The third-order valence-electron chi connectivity index (χ3n) is 3.09. The van der Waals surface area contributed by atoms with Crippen LogP contribution in [-0.2, 0) is 0 Å². The SMILES string of the molecule is c1ccc([C@@H]2C[C@H]2c2ccccn2)cc1. The molecule has 74 valence electrons. The summed E-state index contributed by atoms with van der Waals surface area (Å²) in [5.41, 5.74) is 2.69. The van der Waals surface area contributed by atoms with E-state index >= 15 is 0 Å². The highest BCUT2D eigenvalue weighted by atomic mass is 14.7. The molecule has 3 rings (SSSR count). The van der Waals surface area contributed by atoms with Crippen molar-refractivity contribution in [1.29, 1.82) is 0 Å². The van der Waals surface area contributed by atoms with Crippen LogP contribution in [0.25, 0.3) is 0 Å². The molecule has 0 saturated heterocycles. The molecule has 1 fully saturated rings. The van der Waals surface area contributed by atoms with Gasteiger partial charge in [-0.25, -0.2) is 0 Å². The van der Waals surface area contributed by atoms with Crippen LogP contribution in [-0.4, -0.2) is 4.98 Å². The Labute approximate surface area is 89.8 Å². The molecule has 1 heterocycles. The fraction of sp³-hybridized carbons (Fsp3) is 0.214. The average molecular weight is 195 g/mol. The van der Waals surface area contributed by atoms with E-state index in [4.69, 9.17) is 0 Å². The van der Waals surface area contributed by atoms with Gasteiger partial charge in [-0.1, -0.05) is 36.4 Å². The highest BCUT2D eigenvalue weighted by Crippen LogP contribution is 2.53. The number of pyridine rings is 1. The number of nitrogens with zero attached hydrogens (tertiary/aromatic N) is 1. The molecule has 0 unspecified atom stereocenters. The molecule has 0 N–H and O–H groups in total. The normalized spacial score (nSPS) is 23.7. The predicted molar refractivity (Wildman–Crippen MR) is 60.8 cm³/mol. The van der Waals surface area contributed by atoms with Crippen LogP contribution in [0.2, 0.25) is 0 Å². The van der Waals surface area contributed by atoms with Crippen molar-refractivity contribution in [1.82, 2.24) is 4.98 Å². The first-order valence-corrected chi connectivity index (χ1v) is 5.41. The van der Waals surface area contributed by atoms with E-state index < -0.39 is 0 Å². The summed E-state index contributed by atoms with van der Waals surface area (Å²) in [5, 5.41) is 0. The standard InChI is InChI=1S/C14H13N/c1-2-6-11(7-3-1)12-10-13(12)14-8-4-5-9-15-14/h1-9,12-13H,10H2/t12-,13+/m0/s1. The maximum absolute atomic E-state index is 4.42. The summed E-state index contributed by atoms with van der Waals surface area (Å²) in [6, 6.07) is 16.9. The fourth-order valence-electron chi connectivity index (χ4n) is 2.19. The molecule has 0 radical (unpaired) electrons. The van der Waals surface area contributed by atoms with E-state index in [1.807, 2.05) is 12.3 Å². The molecule has 0 spiro atoms. The molecule has 1 aromatic carbocycles. The van der Waals surface area contributed by atoms with Crippen molar-refractivity contribution in [3.63, 3.8) is 0 Å². The number of rotatable bonds is 2. The van der Waals surface area contributed by atoms with Crippen LogP contribution in [0.4, 0.5) is 0 Å². The highest BCUT2D eigenvalue weighted by molar-refractivity contribution is 5.32. The smallest absolute Gasteiger partial charge is 0.0440 e. The van der Waals surface area contributed by atoms with Gasteiger partial charge in [-0.05, 0) is 30.0 Å². The second-order valence-corrected chi connectivity index (χ2v) is 4.11. The minimum absolute atomic E-state index is 0.647. The van der Waals surface area contributed by atoms with Crippen LogP contribution in [0.3, 0.4) is 0 Å². The second-order valence-electron chi connectivity index (χ2n) is 4.11. The van der Waals surface area contributed by atoms with E-state index in [0.29, 0.717) is 11.8 Å². The van der Waals surface area contributed by atoms with Crippen LogP contribution in [0.5, 0.6) is 0 Å². The van der Waals surface area contributed by atoms with Gasteiger partial charge in [0, 0.05) is 17.8 Å². The van der Waals surface area contributed by atoms with Crippen molar-refractivity contribution in [2.45, 2.75) is 18.3 Å². The number of hydrogen-bond donors (Lipinski definition) is 0. The molecule has 2 atom stereocenters. The minimum atomic E-state index is 0.647. The van der Waals surface area contributed by atoms with Gasteiger partial charge in [0.15, 0.2) is 0 Å². The zero-order valence-corrected chi connectivity index (χ0v) is 8.51. The van der Waals surface area contributed by atoms with E-state index in [-0.39, 0.29) is 0 Å². The maximum atomic E-state index is 4.42. The molecule has 1 nitrogen and oxygen atoms in total. The van der Waals surface area contributed by atoms with Gasteiger partial charge >= 0.3 is 0 Å². The topological polar surface area (TPSA) is 12.9 Å². The zero-order valence-electron chi connectivity index (χ0n) is 8.51. The van der Waals surface area contributed by atoms with Crippen molar-refractivity contribution < 1.29 is 0 Å². The Morgan fingerprint density at radius 3 is 2.40 bits per heavy atom. The molecular weight excluding hydrogens is 182 g/mol. The minimum Gasteiger partial charge on any atom is -0.261 e. The summed E-state index contributed by atoms with van der Waals surface area (Å²) in [6.45, 7) is 0. The van der Waals surface area contributed by atoms with Crippen LogP contribution >= 0.6 is 0 Å². The lowest BCUT2D eigenvalue weighted by atomic mass is 10.1. The number of hydrogen-bond acceptors (Lipinski definition) is 1. The van der Waals surface area contributed by atoms with Crippen LogP contribution in [0, 0.1) is 0 Å². The fourth-order valence-corrected chi connectivity index (χ4v) is 2.19. The molecule has 1 aliphatic rings. The Balaban J connectivity index is 1.81. The molecule has 0 bridgehead atoms. The second kappa shape index (κ2) is 3.50. The van der Waals surface area contributed by atoms with E-state index in [9.17, 15) is 0 Å². The molecule has 0 aliphatic heterocycles. The van der Waals surface area contributed by atoms with Gasteiger partial charge in [0.25, 0.3) is 0 Å². The lowest BCUT2D eigenvalue weighted by Gasteiger charge is -1.99. The van der Waals surface area contributed by atoms with Gasteiger partial charge in [-0.3, -0.25) is 4.98 Å². The van der Waals surface area contributed by atoms with Crippen LogP contribution < -0.4 is 0 Å². The van der Waals surface area contributed by atoms with Crippen molar-refractivity contribution in [2.75, 3.05) is 0 Å².